The number of imide groups is 1. The van der Waals surface area contributed by atoms with Gasteiger partial charge in [0.2, 0.25) is 11.8 Å². The number of likely N-dealkylation sites (tertiary alicyclic amines) is 1. The summed E-state index contributed by atoms with van der Waals surface area (Å²) in [5, 5.41) is 36.6. The molecular formula is C32H24N4O6. The lowest BCUT2D eigenvalue weighted by atomic mass is 9.76. The molecule has 0 spiro atoms. The van der Waals surface area contributed by atoms with Crippen molar-refractivity contribution in [3.8, 4) is 6.07 Å². The molecule has 2 aliphatic rings. The second kappa shape index (κ2) is 10.2. The maximum Gasteiger partial charge on any atom is 0.325 e. The van der Waals surface area contributed by atoms with Crippen LogP contribution in [0.1, 0.15) is 28.3 Å². The first-order valence-corrected chi connectivity index (χ1v) is 13.3. The summed E-state index contributed by atoms with van der Waals surface area (Å²) >= 11 is 0. The lowest BCUT2D eigenvalue weighted by Gasteiger charge is -2.31. The third-order valence-electron chi connectivity index (χ3n) is 8.38. The summed E-state index contributed by atoms with van der Waals surface area (Å²) in [6.07, 6.45) is -0.214. The Morgan fingerprint density at radius 1 is 0.976 bits per heavy atom. The smallest absolute Gasteiger partial charge is 0.325 e. The van der Waals surface area contributed by atoms with E-state index in [1.807, 2.05) is 42.5 Å². The van der Waals surface area contributed by atoms with Gasteiger partial charge in [-0.3, -0.25) is 34.7 Å². The fourth-order valence-corrected chi connectivity index (χ4v) is 6.45. The highest BCUT2D eigenvalue weighted by Gasteiger charge is 2.68. The summed E-state index contributed by atoms with van der Waals surface area (Å²) in [7, 11) is 0. The van der Waals surface area contributed by atoms with Crippen LogP contribution in [0.15, 0.2) is 91.0 Å². The van der Waals surface area contributed by atoms with E-state index >= 15 is 0 Å². The van der Waals surface area contributed by atoms with Crippen molar-refractivity contribution in [1.29, 1.82) is 5.26 Å². The summed E-state index contributed by atoms with van der Waals surface area (Å²) in [4.78, 5) is 53.2. The molecule has 2 N–H and O–H groups in total. The first-order chi connectivity index (χ1) is 20.2. The van der Waals surface area contributed by atoms with E-state index < -0.39 is 46.1 Å². The van der Waals surface area contributed by atoms with E-state index in [4.69, 9.17) is 0 Å². The molecule has 4 aromatic carbocycles. The molecule has 10 heteroatoms. The predicted molar refractivity (Wildman–Crippen MR) is 151 cm³/mol. The number of nitriles is 1. The number of nitrogens with one attached hydrogen (secondary N) is 1. The van der Waals surface area contributed by atoms with E-state index in [9.17, 15) is 34.9 Å². The minimum absolute atomic E-state index is 0.0358. The Bertz CT molecular complexity index is 1810. The van der Waals surface area contributed by atoms with Gasteiger partial charge in [0.05, 0.1) is 34.9 Å². The molecule has 0 aromatic heterocycles. The van der Waals surface area contributed by atoms with Gasteiger partial charge in [0.25, 0.3) is 5.69 Å². The Morgan fingerprint density at radius 3 is 2.38 bits per heavy atom. The topological polar surface area (TPSA) is 154 Å². The number of carboxylic acid groups (broad SMARTS) is 1. The number of aliphatic carboxylic acids is 1. The number of hydrogen-bond acceptors (Lipinski definition) is 7. The normalized spacial score (nSPS) is 23.1. The van der Waals surface area contributed by atoms with Crippen LogP contribution in [0.2, 0.25) is 0 Å². The molecule has 2 amide bonds. The highest BCUT2D eigenvalue weighted by molar-refractivity contribution is 6.09. The molecule has 0 saturated carbocycles. The van der Waals surface area contributed by atoms with E-state index in [0.717, 1.165) is 21.2 Å². The Morgan fingerprint density at radius 2 is 1.67 bits per heavy atom. The van der Waals surface area contributed by atoms with Crippen molar-refractivity contribution >= 4 is 34.2 Å². The van der Waals surface area contributed by atoms with Crippen LogP contribution in [0.4, 0.5) is 5.69 Å². The van der Waals surface area contributed by atoms with Crippen molar-refractivity contribution in [2.75, 3.05) is 0 Å². The van der Waals surface area contributed by atoms with Gasteiger partial charge in [-0.15, -0.1) is 0 Å². The Kier molecular flexibility index (Phi) is 6.52. The predicted octanol–water partition coefficient (Wildman–Crippen LogP) is 4.13. The van der Waals surface area contributed by atoms with Crippen molar-refractivity contribution in [1.82, 2.24) is 10.2 Å². The standard InChI is InChI=1S/C32H24N4O6/c33-17-21-7-2-4-11-25(21)28-26-27(32(34-28,31(39)40)16-19-12-14-23(15-13-19)36(41)42)30(38)35(29(26)37)18-22-9-5-8-20-6-1-3-10-24(20)22/h1-15,26-28,34H,16,18H2,(H,39,40). The van der Waals surface area contributed by atoms with Crippen LogP contribution in [0.3, 0.4) is 0 Å². The average Bonchev–Trinajstić information content (AvgIpc) is 3.47. The zero-order valence-electron chi connectivity index (χ0n) is 22.1. The zero-order chi connectivity index (χ0) is 29.6. The first kappa shape index (κ1) is 26.8. The number of carbonyl (C=O) groups excluding carboxylic acids is 2. The fourth-order valence-electron chi connectivity index (χ4n) is 6.45. The molecule has 4 atom stereocenters. The van der Waals surface area contributed by atoms with Gasteiger partial charge in [-0.25, -0.2) is 0 Å². The molecule has 0 radical (unpaired) electrons. The summed E-state index contributed by atoms with van der Waals surface area (Å²) in [6.45, 7) is -0.0358. The molecule has 42 heavy (non-hydrogen) atoms. The molecule has 2 aliphatic heterocycles. The van der Waals surface area contributed by atoms with E-state index in [0.29, 0.717) is 11.1 Å². The van der Waals surface area contributed by atoms with E-state index in [2.05, 4.69) is 11.4 Å². The first-order valence-electron chi connectivity index (χ1n) is 13.3. The van der Waals surface area contributed by atoms with Gasteiger partial charge in [0.15, 0.2) is 0 Å². The monoisotopic (exact) mass is 560 g/mol. The van der Waals surface area contributed by atoms with Crippen molar-refractivity contribution in [3.63, 3.8) is 0 Å². The van der Waals surface area contributed by atoms with E-state index in [1.165, 1.54) is 24.3 Å². The summed E-state index contributed by atoms with van der Waals surface area (Å²) in [5.74, 6) is -4.84. The third kappa shape index (κ3) is 4.19. The lowest BCUT2D eigenvalue weighted by molar-refractivity contribution is -0.384. The number of nitrogens with zero attached hydrogens (tertiary/aromatic N) is 3. The number of nitro groups is 1. The van der Waals surface area contributed by atoms with Crippen molar-refractivity contribution < 1.29 is 24.4 Å². The highest BCUT2D eigenvalue weighted by atomic mass is 16.6. The summed E-state index contributed by atoms with van der Waals surface area (Å²) < 4.78 is 0. The minimum atomic E-state index is -1.92. The van der Waals surface area contributed by atoms with Crippen LogP contribution >= 0.6 is 0 Å². The lowest BCUT2D eigenvalue weighted by Crippen LogP contribution is -2.57. The largest absolute Gasteiger partial charge is 0.480 e. The van der Waals surface area contributed by atoms with Crippen LogP contribution in [-0.4, -0.2) is 38.3 Å². The molecular weight excluding hydrogens is 536 g/mol. The molecule has 208 valence electrons. The molecule has 0 bridgehead atoms. The minimum Gasteiger partial charge on any atom is -0.480 e. The van der Waals surface area contributed by atoms with Crippen LogP contribution in [-0.2, 0) is 27.3 Å². The van der Waals surface area contributed by atoms with Gasteiger partial charge in [-0.1, -0.05) is 72.8 Å². The second-order valence-electron chi connectivity index (χ2n) is 10.6. The molecule has 4 unspecified atom stereocenters. The van der Waals surface area contributed by atoms with Gasteiger partial charge in [-0.05, 0) is 33.5 Å². The van der Waals surface area contributed by atoms with Gasteiger partial charge in [0, 0.05) is 24.6 Å². The van der Waals surface area contributed by atoms with Crippen LogP contribution in [0, 0.1) is 33.3 Å². The molecule has 2 fully saturated rings. The maximum absolute atomic E-state index is 14.2. The number of fused-ring (bicyclic) bond motifs is 2. The van der Waals surface area contributed by atoms with Crippen LogP contribution < -0.4 is 5.32 Å². The van der Waals surface area contributed by atoms with Gasteiger partial charge < -0.3 is 5.11 Å². The molecule has 2 heterocycles. The van der Waals surface area contributed by atoms with Crippen molar-refractivity contribution in [3.05, 3.63) is 123 Å². The molecule has 0 aliphatic carbocycles. The number of amides is 2. The molecule has 6 rings (SSSR count). The average molecular weight is 561 g/mol. The second-order valence-corrected chi connectivity index (χ2v) is 10.6. The fraction of sp³-hybridized carbons (Fsp3) is 0.188. The third-order valence-corrected chi connectivity index (χ3v) is 8.38. The number of carbonyl (C=O) groups is 3. The Hall–Kier alpha value is -5.40. The molecule has 2 saturated heterocycles. The van der Waals surface area contributed by atoms with Crippen molar-refractivity contribution in [2.45, 2.75) is 24.5 Å². The summed E-state index contributed by atoms with van der Waals surface area (Å²) in [5.41, 5.74) is -0.208. The van der Waals surface area contributed by atoms with E-state index in [-0.39, 0.29) is 24.2 Å². The van der Waals surface area contributed by atoms with Gasteiger partial charge in [0.1, 0.15) is 5.54 Å². The quantitative estimate of drug-likeness (QED) is 0.194. The van der Waals surface area contributed by atoms with E-state index in [1.54, 1.807) is 24.3 Å². The zero-order valence-corrected chi connectivity index (χ0v) is 22.1. The maximum atomic E-state index is 14.2. The van der Waals surface area contributed by atoms with Gasteiger partial charge in [-0.2, -0.15) is 5.26 Å². The van der Waals surface area contributed by atoms with Crippen LogP contribution in [0.25, 0.3) is 10.8 Å². The number of rotatable bonds is 7. The Balaban J connectivity index is 1.46. The number of benzene rings is 4. The SMILES string of the molecule is N#Cc1ccccc1C1NC(Cc2ccc([N+](=O)[O-])cc2)(C(=O)O)C2C(=O)N(Cc3cccc4ccccc34)C(=O)C12. The van der Waals surface area contributed by atoms with Gasteiger partial charge >= 0.3 is 5.97 Å². The number of non-ortho nitro benzene ring substituents is 1. The molecule has 4 aromatic rings. The van der Waals surface area contributed by atoms with Crippen molar-refractivity contribution in [2.24, 2.45) is 11.8 Å². The molecule has 10 nitrogen and oxygen atoms in total. The highest BCUT2D eigenvalue weighted by Crippen LogP contribution is 2.51. The number of nitro benzene ring substituents is 1. The number of carboxylic acids is 1. The Labute approximate surface area is 239 Å². The summed E-state index contributed by atoms with van der Waals surface area (Å²) in [6, 6.07) is 26.4. The number of hydrogen-bond donors (Lipinski definition) is 2. The van der Waals surface area contributed by atoms with Crippen LogP contribution in [0.5, 0.6) is 0 Å².